The number of aryl methyl sites for hydroxylation is 1. The third kappa shape index (κ3) is 2.34. The molecule has 0 aromatic carbocycles. The fourth-order valence-corrected chi connectivity index (χ4v) is 2.41. The van der Waals surface area contributed by atoms with Gasteiger partial charge >= 0.3 is 0 Å². The third-order valence-electron chi connectivity index (χ3n) is 2.96. The van der Waals surface area contributed by atoms with Crippen molar-refractivity contribution in [1.29, 1.82) is 5.26 Å². The largest absolute Gasteiger partial charge is 0.361 e. The summed E-state index contributed by atoms with van der Waals surface area (Å²) < 4.78 is 0. The lowest BCUT2D eigenvalue weighted by molar-refractivity contribution is 0.853. The van der Waals surface area contributed by atoms with Crippen LogP contribution < -0.4 is 5.32 Å². The zero-order valence-corrected chi connectivity index (χ0v) is 11.4. The number of anilines is 1. The van der Waals surface area contributed by atoms with Gasteiger partial charge in [-0.25, -0.2) is 0 Å². The summed E-state index contributed by atoms with van der Waals surface area (Å²) in [6, 6.07) is 4.36. The van der Waals surface area contributed by atoms with Crippen LogP contribution in [0.5, 0.6) is 0 Å². The van der Waals surface area contributed by atoms with E-state index in [1.165, 1.54) is 5.56 Å². The van der Waals surface area contributed by atoms with E-state index in [2.05, 4.69) is 33.0 Å². The molecule has 1 N–H and O–H groups in total. The summed E-state index contributed by atoms with van der Waals surface area (Å²) in [5.41, 5.74) is 3.43. The number of hydrogen-bond donors (Lipinski definition) is 1. The summed E-state index contributed by atoms with van der Waals surface area (Å²) in [5, 5.41) is 24.7. The molecular weight excluding hydrogens is 244 g/mol. The molecule has 0 fully saturated rings. The van der Waals surface area contributed by atoms with E-state index in [9.17, 15) is 5.26 Å². The first-order valence-electron chi connectivity index (χ1n) is 5.66. The topological polar surface area (TPSA) is 61.6 Å². The normalized spacial score (nSPS) is 11.9. The molecule has 2 rings (SSSR count). The van der Waals surface area contributed by atoms with E-state index in [0.717, 1.165) is 11.3 Å². The highest BCUT2D eigenvalue weighted by molar-refractivity contribution is 7.07. The number of thiophene rings is 1. The van der Waals surface area contributed by atoms with Crippen molar-refractivity contribution >= 4 is 17.2 Å². The summed E-state index contributed by atoms with van der Waals surface area (Å²) in [5.74, 6) is 0.555. The Labute approximate surface area is 110 Å². The number of aromatic nitrogens is 2. The van der Waals surface area contributed by atoms with Crippen LogP contribution in [0, 0.1) is 25.2 Å². The van der Waals surface area contributed by atoms with Gasteiger partial charge in [-0.3, -0.25) is 0 Å². The Morgan fingerprint density at radius 1 is 1.39 bits per heavy atom. The van der Waals surface area contributed by atoms with Gasteiger partial charge in [0.15, 0.2) is 5.82 Å². The first-order valence-corrected chi connectivity index (χ1v) is 6.60. The van der Waals surface area contributed by atoms with E-state index in [-0.39, 0.29) is 6.04 Å². The summed E-state index contributed by atoms with van der Waals surface area (Å²) in [4.78, 5) is 0. The highest BCUT2D eigenvalue weighted by Crippen LogP contribution is 2.23. The van der Waals surface area contributed by atoms with Crippen LogP contribution in [0.1, 0.15) is 35.3 Å². The standard InChI is InChI=1S/C13H14N4S/c1-8-9(2)16-17-13(12(8)6-14)15-10(3)11-4-5-18-7-11/h4-5,7,10H,1-3H3,(H,15,17). The zero-order valence-electron chi connectivity index (χ0n) is 10.6. The molecule has 0 aliphatic heterocycles. The van der Waals surface area contributed by atoms with Crippen molar-refractivity contribution in [1.82, 2.24) is 10.2 Å². The minimum atomic E-state index is 0.111. The predicted molar refractivity (Wildman–Crippen MR) is 72.6 cm³/mol. The maximum atomic E-state index is 9.21. The average molecular weight is 258 g/mol. The molecule has 92 valence electrons. The lowest BCUT2D eigenvalue weighted by Gasteiger charge is -2.15. The maximum Gasteiger partial charge on any atom is 0.167 e. The van der Waals surface area contributed by atoms with Crippen molar-refractivity contribution in [2.24, 2.45) is 0 Å². The van der Waals surface area contributed by atoms with Gasteiger partial charge < -0.3 is 5.32 Å². The van der Waals surface area contributed by atoms with E-state index in [4.69, 9.17) is 0 Å². The molecule has 0 amide bonds. The van der Waals surface area contributed by atoms with Gasteiger partial charge in [-0.1, -0.05) is 0 Å². The molecule has 0 saturated heterocycles. The Bertz CT molecular complexity index is 584. The van der Waals surface area contributed by atoms with Gasteiger partial charge in [0, 0.05) is 0 Å². The second-order valence-electron chi connectivity index (χ2n) is 4.17. The minimum absolute atomic E-state index is 0.111. The SMILES string of the molecule is Cc1nnc(NC(C)c2ccsc2)c(C#N)c1C. The lowest BCUT2D eigenvalue weighted by atomic mass is 10.1. The Balaban J connectivity index is 2.30. The Hall–Kier alpha value is -1.93. The van der Waals surface area contributed by atoms with Crippen molar-refractivity contribution in [2.45, 2.75) is 26.8 Å². The molecule has 0 spiro atoms. The fourth-order valence-electron chi connectivity index (χ4n) is 1.66. The zero-order chi connectivity index (χ0) is 13.1. The van der Waals surface area contributed by atoms with E-state index in [0.29, 0.717) is 11.4 Å². The molecule has 0 aliphatic rings. The molecule has 2 aromatic rings. The highest BCUT2D eigenvalue weighted by atomic mass is 32.1. The Morgan fingerprint density at radius 3 is 2.78 bits per heavy atom. The second-order valence-corrected chi connectivity index (χ2v) is 4.95. The first-order chi connectivity index (χ1) is 8.63. The molecular formula is C13H14N4S. The molecule has 0 radical (unpaired) electrons. The van der Waals surface area contributed by atoms with Gasteiger partial charge in [0.25, 0.3) is 0 Å². The fraction of sp³-hybridized carbons (Fsp3) is 0.308. The average Bonchev–Trinajstić information content (AvgIpc) is 2.88. The van der Waals surface area contributed by atoms with Gasteiger partial charge in [-0.15, -0.1) is 5.10 Å². The van der Waals surface area contributed by atoms with Gasteiger partial charge in [-0.2, -0.15) is 21.7 Å². The van der Waals surface area contributed by atoms with Crippen molar-refractivity contribution in [3.63, 3.8) is 0 Å². The van der Waals surface area contributed by atoms with E-state index < -0.39 is 0 Å². The highest BCUT2D eigenvalue weighted by Gasteiger charge is 2.13. The third-order valence-corrected chi connectivity index (χ3v) is 3.66. The van der Waals surface area contributed by atoms with E-state index >= 15 is 0 Å². The van der Waals surface area contributed by atoms with Gasteiger partial charge in [0.05, 0.1) is 11.7 Å². The molecule has 1 unspecified atom stereocenters. The molecule has 5 heteroatoms. The Kier molecular flexibility index (Phi) is 3.58. The number of hydrogen-bond acceptors (Lipinski definition) is 5. The predicted octanol–water partition coefficient (Wildman–Crippen LogP) is 3.20. The van der Waals surface area contributed by atoms with E-state index in [1.807, 2.05) is 26.2 Å². The van der Waals surface area contributed by atoms with Crippen LogP contribution in [0.15, 0.2) is 16.8 Å². The second kappa shape index (κ2) is 5.15. The molecule has 4 nitrogen and oxygen atoms in total. The summed E-state index contributed by atoms with van der Waals surface area (Å²) in [7, 11) is 0. The summed E-state index contributed by atoms with van der Waals surface area (Å²) in [6.45, 7) is 5.79. The number of nitrogens with zero attached hydrogens (tertiary/aromatic N) is 3. The lowest BCUT2D eigenvalue weighted by Crippen LogP contribution is -2.11. The van der Waals surface area contributed by atoms with Crippen LogP contribution in [0.2, 0.25) is 0 Å². The minimum Gasteiger partial charge on any atom is -0.361 e. The van der Waals surface area contributed by atoms with Gasteiger partial charge in [-0.05, 0) is 48.7 Å². The Morgan fingerprint density at radius 2 is 2.17 bits per heavy atom. The van der Waals surface area contributed by atoms with Crippen molar-refractivity contribution in [3.05, 3.63) is 39.2 Å². The van der Waals surface area contributed by atoms with E-state index in [1.54, 1.807) is 11.3 Å². The monoisotopic (exact) mass is 258 g/mol. The smallest absolute Gasteiger partial charge is 0.167 e. The number of nitrogens with one attached hydrogen (secondary N) is 1. The van der Waals surface area contributed by atoms with Crippen molar-refractivity contribution < 1.29 is 0 Å². The quantitative estimate of drug-likeness (QED) is 0.918. The molecule has 1 atom stereocenters. The van der Waals surface area contributed by atoms with Crippen LogP contribution in [-0.2, 0) is 0 Å². The molecule has 0 saturated carbocycles. The van der Waals surface area contributed by atoms with Gasteiger partial charge in [0.1, 0.15) is 11.6 Å². The van der Waals surface area contributed by atoms with Crippen molar-refractivity contribution in [3.8, 4) is 6.07 Å². The first kappa shape index (κ1) is 12.5. The molecule has 2 aromatic heterocycles. The molecule has 0 aliphatic carbocycles. The van der Waals surface area contributed by atoms with Crippen molar-refractivity contribution in [2.75, 3.05) is 5.32 Å². The number of nitriles is 1. The van der Waals surface area contributed by atoms with Crippen LogP contribution in [0.25, 0.3) is 0 Å². The molecule has 2 heterocycles. The molecule has 0 bridgehead atoms. The van der Waals surface area contributed by atoms with Gasteiger partial charge in [0.2, 0.25) is 0 Å². The maximum absolute atomic E-state index is 9.21. The van der Waals surface area contributed by atoms with Crippen LogP contribution in [0.3, 0.4) is 0 Å². The summed E-state index contributed by atoms with van der Waals surface area (Å²) >= 11 is 1.65. The van der Waals surface area contributed by atoms with Crippen LogP contribution in [0.4, 0.5) is 5.82 Å². The van der Waals surface area contributed by atoms with Crippen LogP contribution >= 0.6 is 11.3 Å². The summed E-state index contributed by atoms with van der Waals surface area (Å²) in [6.07, 6.45) is 0. The van der Waals surface area contributed by atoms with Crippen LogP contribution in [-0.4, -0.2) is 10.2 Å². The number of rotatable bonds is 3. The molecule has 18 heavy (non-hydrogen) atoms.